The van der Waals surface area contributed by atoms with Crippen molar-refractivity contribution in [2.45, 2.75) is 25.5 Å². The minimum Gasteiger partial charge on any atom is -0.497 e. The van der Waals surface area contributed by atoms with Crippen LogP contribution in [-0.2, 0) is 4.79 Å². The van der Waals surface area contributed by atoms with E-state index >= 15 is 0 Å². The Morgan fingerprint density at radius 1 is 1.25 bits per heavy atom. The van der Waals surface area contributed by atoms with Gasteiger partial charge in [-0.15, -0.1) is 0 Å². The molecule has 1 amide bonds. The molecule has 0 saturated carbocycles. The number of hydrogen-bond donors (Lipinski definition) is 2. The molecule has 0 radical (unpaired) electrons. The Bertz CT molecular complexity index is 655. The molecule has 0 saturated heterocycles. The largest absolute Gasteiger partial charge is 0.497 e. The molecule has 6 heteroatoms. The number of carbonyl (C=O) groups excluding carboxylic acids is 1. The van der Waals surface area contributed by atoms with Crippen LogP contribution in [0.5, 0.6) is 11.5 Å². The molecule has 2 aromatic rings. The number of aliphatic hydroxyl groups is 1. The number of ether oxygens (including phenoxy) is 2. The molecule has 1 aromatic carbocycles. The van der Waals surface area contributed by atoms with E-state index in [0.717, 1.165) is 0 Å². The van der Waals surface area contributed by atoms with Crippen molar-refractivity contribution in [2.75, 3.05) is 20.8 Å². The van der Waals surface area contributed by atoms with Crippen molar-refractivity contribution in [1.29, 1.82) is 0 Å². The summed E-state index contributed by atoms with van der Waals surface area (Å²) in [6, 6.07) is 9.10. The molecular weight excluding hydrogens is 308 g/mol. The van der Waals surface area contributed by atoms with Gasteiger partial charge >= 0.3 is 0 Å². The van der Waals surface area contributed by atoms with E-state index in [0.29, 0.717) is 23.5 Å². The van der Waals surface area contributed by atoms with Gasteiger partial charge in [-0.2, -0.15) is 0 Å². The topological polar surface area (TPSA) is 72.7 Å². The van der Waals surface area contributed by atoms with Gasteiger partial charge in [0.15, 0.2) is 0 Å². The number of amides is 1. The molecule has 2 rings (SSSR count). The molecule has 130 valence electrons. The van der Waals surface area contributed by atoms with Crippen molar-refractivity contribution < 1.29 is 19.4 Å². The predicted molar refractivity (Wildman–Crippen MR) is 91.3 cm³/mol. The van der Waals surface area contributed by atoms with Gasteiger partial charge in [-0.3, -0.25) is 4.79 Å². The zero-order valence-electron chi connectivity index (χ0n) is 14.2. The van der Waals surface area contributed by atoms with Crippen molar-refractivity contribution >= 4 is 5.91 Å². The quantitative estimate of drug-likeness (QED) is 0.778. The number of nitrogens with one attached hydrogen (secondary N) is 1. The summed E-state index contributed by atoms with van der Waals surface area (Å²) < 4.78 is 12.4. The van der Waals surface area contributed by atoms with Crippen LogP contribution in [0.3, 0.4) is 0 Å². The summed E-state index contributed by atoms with van der Waals surface area (Å²) in [7, 11) is 3.09. The van der Waals surface area contributed by atoms with Crippen molar-refractivity contribution in [3.8, 4) is 11.5 Å². The van der Waals surface area contributed by atoms with Crippen LogP contribution in [0.4, 0.5) is 0 Å². The summed E-state index contributed by atoms with van der Waals surface area (Å²) in [4.78, 5) is 12.1. The maximum atomic E-state index is 12.1. The summed E-state index contributed by atoms with van der Waals surface area (Å²) in [5.41, 5.74) is 0.579. The minimum atomic E-state index is -0.874. The zero-order chi connectivity index (χ0) is 17.5. The molecule has 6 nitrogen and oxygen atoms in total. The van der Waals surface area contributed by atoms with Crippen LogP contribution in [0.2, 0.25) is 0 Å². The number of methoxy groups -OCH3 is 2. The Morgan fingerprint density at radius 3 is 2.58 bits per heavy atom. The SMILES string of the molecule is COc1ccc(OC)c([C@@H](O)CNC(=O)C[C@@H](C)n2cccc2)c1. The van der Waals surface area contributed by atoms with Gasteiger partial charge in [0.1, 0.15) is 11.5 Å². The zero-order valence-corrected chi connectivity index (χ0v) is 14.2. The highest BCUT2D eigenvalue weighted by molar-refractivity contribution is 5.76. The van der Waals surface area contributed by atoms with Gasteiger partial charge in [0.05, 0.1) is 20.3 Å². The Morgan fingerprint density at radius 2 is 1.96 bits per heavy atom. The molecule has 0 fully saturated rings. The molecule has 0 spiro atoms. The van der Waals surface area contributed by atoms with Gasteiger partial charge < -0.3 is 24.5 Å². The first-order chi connectivity index (χ1) is 11.5. The van der Waals surface area contributed by atoms with Gasteiger partial charge in [0.25, 0.3) is 0 Å². The van der Waals surface area contributed by atoms with E-state index in [2.05, 4.69) is 5.32 Å². The molecule has 2 N–H and O–H groups in total. The molecule has 2 atom stereocenters. The van der Waals surface area contributed by atoms with Gasteiger partial charge in [0.2, 0.25) is 5.91 Å². The fraction of sp³-hybridized carbons (Fsp3) is 0.389. The van der Waals surface area contributed by atoms with Crippen molar-refractivity contribution in [3.05, 3.63) is 48.3 Å². The number of rotatable bonds is 8. The summed E-state index contributed by atoms with van der Waals surface area (Å²) in [6.07, 6.45) is 3.32. The highest BCUT2D eigenvalue weighted by Gasteiger charge is 2.17. The molecular formula is C18H24N2O4. The van der Waals surface area contributed by atoms with Crippen LogP contribution < -0.4 is 14.8 Å². The standard InChI is InChI=1S/C18H24N2O4/c1-13(20-8-4-5-9-20)10-18(22)19-12-16(21)15-11-14(23-2)6-7-17(15)24-3/h4-9,11,13,16,21H,10,12H2,1-3H3,(H,19,22)/t13-,16+/m1/s1. The van der Waals surface area contributed by atoms with Crippen LogP contribution in [0.1, 0.15) is 31.1 Å². The molecule has 1 heterocycles. The second-order valence-electron chi connectivity index (χ2n) is 5.61. The van der Waals surface area contributed by atoms with Gasteiger partial charge in [0, 0.05) is 37.0 Å². The Kier molecular flexibility index (Phi) is 6.26. The van der Waals surface area contributed by atoms with Crippen LogP contribution in [0.25, 0.3) is 0 Å². The van der Waals surface area contributed by atoms with E-state index in [1.165, 1.54) is 7.11 Å². The lowest BCUT2D eigenvalue weighted by Gasteiger charge is -2.18. The van der Waals surface area contributed by atoms with Crippen molar-refractivity contribution in [2.24, 2.45) is 0 Å². The second-order valence-corrected chi connectivity index (χ2v) is 5.61. The monoisotopic (exact) mass is 332 g/mol. The van der Waals surface area contributed by atoms with Crippen LogP contribution in [-0.4, -0.2) is 36.3 Å². The Balaban J connectivity index is 1.92. The van der Waals surface area contributed by atoms with Crippen LogP contribution in [0, 0.1) is 0 Å². The molecule has 0 aliphatic rings. The maximum absolute atomic E-state index is 12.1. The highest BCUT2D eigenvalue weighted by Crippen LogP contribution is 2.29. The Labute approximate surface area is 142 Å². The summed E-state index contributed by atoms with van der Waals surface area (Å²) in [6.45, 7) is 2.09. The summed E-state index contributed by atoms with van der Waals surface area (Å²) >= 11 is 0. The third kappa shape index (κ3) is 4.52. The molecule has 0 unspecified atom stereocenters. The van der Waals surface area contributed by atoms with Crippen LogP contribution in [0.15, 0.2) is 42.7 Å². The molecule has 0 bridgehead atoms. The molecule has 0 aliphatic heterocycles. The third-order valence-electron chi connectivity index (χ3n) is 3.91. The first-order valence-corrected chi connectivity index (χ1v) is 7.84. The van der Waals surface area contributed by atoms with E-state index in [1.807, 2.05) is 36.0 Å². The fourth-order valence-electron chi connectivity index (χ4n) is 2.51. The third-order valence-corrected chi connectivity index (χ3v) is 3.91. The average molecular weight is 332 g/mol. The summed E-state index contributed by atoms with van der Waals surface area (Å²) in [5, 5.41) is 13.1. The van der Waals surface area contributed by atoms with Crippen molar-refractivity contribution in [3.63, 3.8) is 0 Å². The van der Waals surface area contributed by atoms with E-state index in [1.54, 1.807) is 25.3 Å². The Hall–Kier alpha value is -2.47. The lowest BCUT2D eigenvalue weighted by atomic mass is 10.1. The van der Waals surface area contributed by atoms with Crippen molar-refractivity contribution in [1.82, 2.24) is 9.88 Å². The highest BCUT2D eigenvalue weighted by atomic mass is 16.5. The normalized spacial score (nSPS) is 13.2. The van der Waals surface area contributed by atoms with E-state index < -0.39 is 6.10 Å². The predicted octanol–water partition coefficient (Wildman–Crippen LogP) is 2.31. The lowest BCUT2D eigenvalue weighted by Crippen LogP contribution is -2.30. The average Bonchev–Trinajstić information content (AvgIpc) is 3.13. The lowest BCUT2D eigenvalue weighted by molar-refractivity contribution is -0.122. The molecule has 24 heavy (non-hydrogen) atoms. The summed E-state index contributed by atoms with van der Waals surface area (Å²) in [5.74, 6) is 1.06. The number of benzene rings is 1. The number of hydrogen-bond acceptors (Lipinski definition) is 4. The van der Waals surface area contributed by atoms with Gasteiger partial charge in [-0.1, -0.05) is 0 Å². The number of aromatic nitrogens is 1. The number of nitrogens with zero attached hydrogens (tertiary/aromatic N) is 1. The smallest absolute Gasteiger partial charge is 0.222 e. The number of aliphatic hydroxyl groups excluding tert-OH is 1. The number of carbonyl (C=O) groups is 1. The van der Waals surface area contributed by atoms with E-state index in [4.69, 9.17) is 9.47 Å². The maximum Gasteiger partial charge on any atom is 0.222 e. The van der Waals surface area contributed by atoms with Gasteiger partial charge in [-0.05, 0) is 37.3 Å². The minimum absolute atomic E-state index is 0.0588. The first-order valence-electron chi connectivity index (χ1n) is 7.84. The molecule has 0 aliphatic carbocycles. The fourth-order valence-corrected chi connectivity index (χ4v) is 2.51. The van der Waals surface area contributed by atoms with E-state index in [-0.39, 0.29) is 18.5 Å². The van der Waals surface area contributed by atoms with Gasteiger partial charge in [-0.25, -0.2) is 0 Å². The van der Waals surface area contributed by atoms with Crippen LogP contribution >= 0.6 is 0 Å². The second kappa shape index (κ2) is 8.40. The molecule has 1 aromatic heterocycles. The first kappa shape index (κ1) is 17.9. The van der Waals surface area contributed by atoms with E-state index in [9.17, 15) is 9.90 Å².